The highest BCUT2D eigenvalue weighted by atomic mass is 16.5. The summed E-state index contributed by atoms with van der Waals surface area (Å²) in [6, 6.07) is 0. The summed E-state index contributed by atoms with van der Waals surface area (Å²) in [5, 5.41) is 0. The van der Waals surface area contributed by atoms with Gasteiger partial charge in [0.25, 0.3) is 0 Å². The standard InChI is InChI=1S/C14H20O3/c1-9-12-5-4-11(17-10(2)15)8-14(12,3)7-6-13(9)16/h11H,4-8H2,1-3H3/t11-,14+/m1/s1. The first kappa shape index (κ1) is 12.3. The van der Waals surface area contributed by atoms with Gasteiger partial charge in [-0.15, -0.1) is 0 Å². The predicted octanol–water partition coefficient (Wildman–Crippen LogP) is 2.79. The summed E-state index contributed by atoms with van der Waals surface area (Å²) in [6.45, 7) is 5.61. The Labute approximate surface area is 102 Å². The van der Waals surface area contributed by atoms with Crippen LogP contribution >= 0.6 is 0 Å². The molecule has 0 aromatic rings. The largest absolute Gasteiger partial charge is 0.463 e. The first-order chi connectivity index (χ1) is 7.92. The van der Waals surface area contributed by atoms with E-state index in [9.17, 15) is 9.59 Å². The highest BCUT2D eigenvalue weighted by molar-refractivity contribution is 5.96. The van der Waals surface area contributed by atoms with Crippen LogP contribution in [-0.2, 0) is 14.3 Å². The average molecular weight is 236 g/mol. The van der Waals surface area contributed by atoms with Crippen LogP contribution < -0.4 is 0 Å². The molecule has 2 atom stereocenters. The van der Waals surface area contributed by atoms with Crippen LogP contribution in [0.4, 0.5) is 0 Å². The van der Waals surface area contributed by atoms with E-state index < -0.39 is 0 Å². The molecular weight excluding hydrogens is 216 g/mol. The van der Waals surface area contributed by atoms with Crippen LogP contribution in [0.3, 0.4) is 0 Å². The molecule has 0 saturated heterocycles. The van der Waals surface area contributed by atoms with E-state index in [1.807, 2.05) is 6.92 Å². The minimum absolute atomic E-state index is 0.0299. The molecule has 0 bridgehead atoms. The second kappa shape index (κ2) is 4.28. The van der Waals surface area contributed by atoms with Crippen molar-refractivity contribution in [3.8, 4) is 0 Å². The predicted molar refractivity (Wildman–Crippen MR) is 64.5 cm³/mol. The summed E-state index contributed by atoms with van der Waals surface area (Å²) < 4.78 is 5.32. The molecule has 0 aliphatic heterocycles. The maximum atomic E-state index is 11.7. The molecule has 0 N–H and O–H groups in total. The number of hydrogen-bond donors (Lipinski definition) is 0. The Balaban J connectivity index is 2.20. The number of hydrogen-bond acceptors (Lipinski definition) is 3. The number of Topliss-reactive ketones (excluding diaryl/α,β-unsaturated/α-hetero) is 1. The van der Waals surface area contributed by atoms with Crippen LogP contribution in [0.2, 0.25) is 0 Å². The highest BCUT2D eigenvalue weighted by Crippen LogP contribution is 2.49. The van der Waals surface area contributed by atoms with Gasteiger partial charge in [0.15, 0.2) is 5.78 Å². The van der Waals surface area contributed by atoms with Crippen LogP contribution in [0.1, 0.15) is 52.9 Å². The molecule has 3 heteroatoms. The molecule has 1 fully saturated rings. The average Bonchev–Trinajstić information content (AvgIpc) is 2.23. The zero-order chi connectivity index (χ0) is 12.6. The third-order valence-electron chi connectivity index (χ3n) is 4.23. The number of rotatable bonds is 1. The second-order valence-electron chi connectivity index (χ2n) is 5.56. The lowest BCUT2D eigenvalue weighted by atomic mass is 9.63. The molecule has 3 nitrogen and oxygen atoms in total. The van der Waals surface area contributed by atoms with E-state index in [1.165, 1.54) is 12.5 Å². The number of carbonyl (C=O) groups is 2. The van der Waals surface area contributed by atoms with E-state index in [0.717, 1.165) is 31.3 Å². The highest BCUT2D eigenvalue weighted by Gasteiger charge is 2.41. The fraction of sp³-hybridized carbons (Fsp3) is 0.714. The zero-order valence-corrected chi connectivity index (χ0v) is 10.8. The number of fused-ring (bicyclic) bond motifs is 1. The number of ether oxygens (including phenoxy) is 1. The summed E-state index contributed by atoms with van der Waals surface area (Å²) in [5.74, 6) is 0.0954. The lowest BCUT2D eigenvalue weighted by molar-refractivity contribution is -0.149. The van der Waals surface area contributed by atoms with Crippen molar-refractivity contribution in [1.82, 2.24) is 0 Å². The van der Waals surface area contributed by atoms with Gasteiger partial charge in [-0.25, -0.2) is 0 Å². The van der Waals surface area contributed by atoms with Gasteiger partial charge in [0.2, 0.25) is 0 Å². The molecule has 0 radical (unpaired) electrons. The van der Waals surface area contributed by atoms with Gasteiger partial charge in [0.1, 0.15) is 6.10 Å². The molecular formula is C14H20O3. The van der Waals surface area contributed by atoms with E-state index >= 15 is 0 Å². The Hall–Kier alpha value is -1.12. The van der Waals surface area contributed by atoms with Crippen LogP contribution in [0.15, 0.2) is 11.1 Å². The van der Waals surface area contributed by atoms with Crippen molar-refractivity contribution in [1.29, 1.82) is 0 Å². The molecule has 0 spiro atoms. The first-order valence-electron chi connectivity index (χ1n) is 6.33. The van der Waals surface area contributed by atoms with E-state index in [4.69, 9.17) is 4.74 Å². The summed E-state index contributed by atoms with van der Waals surface area (Å²) >= 11 is 0. The van der Waals surface area contributed by atoms with Crippen molar-refractivity contribution >= 4 is 11.8 Å². The Kier molecular flexibility index (Phi) is 3.11. The topological polar surface area (TPSA) is 43.4 Å². The first-order valence-corrected chi connectivity index (χ1v) is 6.33. The molecule has 0 heterocycles. The van der Waals surface area contributed by atoms with Gasteiger partial charge in [0.05, 0.1) is 0 Å². The van der Waals surface area contributed by atoms with E-state index in [2.05, 4.69) is 6.92 Å². The Morgan fingerprint density at radius 1 is 1.41 bits per heavy atom. The molecule has 0 aromatic carbocycles. The molecule has 0 unspecified atom stereocenters. The van der Waals surface area contributed by atoms with Gasteiger partial charge in [0, 0.05) is 13.3 Å². The van der Waals surface area contributed by atoms with E-state index in [1.54, 1.807) is 0 Å². The molecule has 17 heavy (non-hydrogen) atoms. The zero-order valence-electron chi connectivity index (χ0n) is 10.8. The molecule has 1 saturated carbocycles. The minimum Gasteiger partial charge on any atom is -0.463 e. The number of ketones is 1. The fourth-order valence-corrected chi connectivity index (χ4v) is 3.31. The van der Waals surface area contributed by atoms with Crippen molar-refractivity contribution in [3.63, 3.8) is 0 Å². The van der Waals surface area contributed by atoms with E-state index in [0.29, 0.717) is 12.2 Å². The second-order valence-corrected chi connectivity index (χ2v) is 5.56. The molecule has 0 amide bonds. The normalized spacial score (nSPS) is 33.4. The smallest absolute Gasteiger partial charge is 0.302 e. The monoisotopic (exact) mass is 236 g/mol. The van der Waals surface area contributed by atoms with Gasteiger partial charge in [-0.3, -0.25) is 9.59 Å². The summed E-state index contributed by atoms with van der Waals surface area (Å²) in [5.41, 5.74) is 2.33. The Bertz CT molecular complexity index is 394. The Morgan fingerprint density at radius 3 is 2.76 bits per heavy atom. The van der Waals surface area contributed by atoms with Crippen molar-refractivity contribution < 1.29 is 14.3 Å². The van der Waals surface area contributed by atoms with Crippen LogP contribution in [-0.4, -0.2) is 17.9 Å². The lowest BCUT2D eigenvalue weighted by Crippen LogP contribution is -2.37. The van der Waals surface area contributed by atoms with Gasteiger partial charge in [-0.1, -0.05) is 12.5 Å². The van der Waals surface area contributed by atoms with Crippen LogP contribution in [0.25, 0.3) is 0 Å². The fourth-order valence-electron chi connectivity index (χ4n) is 3.31. The van der Waals surface area contributed by atoms with Crippen molar-refractivity contribution in [3.05, 3.63) is 11.1 Å². The number of esters is 1. The minimum atomic E-state index is -0.199. The van der Waals surface area contributed by atoms with Gasteiger partial charge >= 0.3 is 5.97 Å². The molecule has 0 aromatic heterocycles. The van der Waals surface area contributed by atoms with Gasteiger partial charge in [-0.05, 0) is 43.6 Å². The van der Waals surface area contributed by atoms with Crippen LogP contribution in [0, 0.1) is 5.41 Å². The maximum Gasteiger partial charge on any atom is 0.302 e. The van der Waals surface area contributed by atoms with Crippen molar-refractivity contribution in [2.75, 3.05) is 0 Å². The quantitative estimate of drug-likeness (QED) is 0.657. The molecule has 2 aliphatic rings. The van der Waals surface area contributed by atoms with E-state index in [-0.39, 0.29) is 17.5 Å². The lowest BCUT2D eigenvalue weighted by Gasteiger charge is -2.43. The Morgan fingerprint density at radius 2 is 2.12 bits per heavy atom. The number of allylic oxidation sites excluding steroid dienone is 2. The third kappa shape index (κ3) is 2.28. The summed E-state index contributed by atoms with van der Waals surface area (Å²) in [6.07, 6.45) is 4.19. The van der Waals surface area contributed by atoms with Crippen LogP contribution in [0.5, 0.6) is 0 Å². The molecule has 94 valence electrons. The molecule has 2 rings (SSSR count). The SMILES string of the molecule is CC(=O)O[C@@H]1CCC2=C(C)C(=O)CC[C@@]2(C)C1. The van der Waals surface area contributed by atoms with Crippen molar-refractivity contribution in [2.24, 2.45) is 5.41 Å². The summed E-state index contributed by atoms with van der Waals surface area (Å²) in [7, 11) is 0. The molecule has 2 aliphatic carbocycles. The van der Waals surface area contributed by atoms with Gasteiger partial charge < -0.3 is 4.74 Å². The summed E-state index contributed by atoms with van der Waals surface area (Å²) in [4.78, 5) is 22.7. The maximum absolute atomic E-state index is 11.7. The van der Waals surface area contributed by atoms with Crippen molar-refractivity contribution in [2.45, 2.75) is 59.0 Å². The van der Waals surface area contributed by atoms with Gasteiger partial charge in [-0.2, -0.15) is 0 Å². The number of carbonyl (C=O) groups excluding carboxylic acids is 2. The third-order valence-corrected chi connectivity index (χ3v) is 4.23.